The van der Waals surface area contributed by atoms with Crippen LogP contribution in [0.2, 0.25) is 0 Å². The topological polar surface area (TPSA) is 83.9 Å². The third-order valence-electron chi connectivity index (χ3n) is 4.99. The highest BCUT2D eigenvalue weighted by Gasteiger charge is 2.43. The first kappa shape index (κ1) is 14.2. The number of amides is 1. The monoisotopic (exact) mass is 313 g/mol. The molecule has 2 aliphatic heterocycles. The first-order chi connectivity index (χ1) is 11.0. The van der Waals surface area contributed by atoms with Crippen molar-refractivity contribution in [3.05, 3.63) is 39.6 Å². The summed E-state index contributed by atoms with van der Waals surface area (Å²) in [5.41, 5.74) is 1.68. The van der Waals surface area contributed by atoms with E-state index in [-0.39, 0.29) is 11.5 Å². The molecule has 4 rings (SSSR count). The average molecular weight is 313 g/mol. The van der Waals surface area contributed by atoms with E-state index in [9.17, 15) is 9.59 Å². The lowest BCUT2D eigenvalue weighted by molar-refractivity contribution is 0.0729. The summed E-state index contributed by atoms with van der Waals surface area (Å²) >= 11 is 0. The molecule has 2 aliphatic rings. The molecule has 1 amide bonds. The molecule has 2 bridgehead atoms. The molecule has 7 heteroatoms. The highest BCUT2D eigenvalue weighted by molar-refractivity contribution is 5.96. The molecule has 0 spiro atoms. The standard InChI is InChI=1S/C16H19N5O2/c1-9-7-14(22)19-16(18-9)21-10(2)13(8-17-21)15(23)20-11-3-4-12(20)6-5-11/h7-8,11-12H,3-6H2,1-2H3,(H,18,19,22). The predicted octanol–water partition coefficient (Wildman–Crippen LogP) is 1.34. The van der Waals surface area contributed by atoms with Crippen LogP contribution in [-0.4, -0.2) is 42.6 Å². The van der Waals surface area contributed by atoms with Crippen LogP contribution in [0.4, 0.5) is 0 Å². The minimum absolute atomic E-state index is 0.0498. The number of fused-ring (bicyclic) bond motifs is 2. The number of H-pyrrole nitrogens is 1. The van der Waals surface area contributed by atoms with E-state index in [0.717, 1.165) is 25.7 Å². The zero-order valence-corrected chi connectivity index (χ0v) is 13.2. The Morgan fingerprint density at radius 1 is 1.22 bits per heavy atom. The Hall–Kier alpha value is -2.44. The molecule has 2 aromatic heterocycles. The fraction of sp³-hybridized carbons (Fsp3) is 0.500. The Morgan fingerprint density at radius 3 is 2.48 bits per heavy atom. The molecule has 0 atom stereocenters. The lowest BCUT2D eigenvalue weighted by Gasteiger charge is -2.21. The highest BCUT2D eigenvalue weighted by Crippen LogP contribution is 2.38. The molecular weight excluding hydrogens is 294 g/mol. The van der Waals surface area contributed by atoms with E-state index in [1.165, 1.54) is 10.7 Å². The zero-order chi connectivity index (χ0) is 16.1. The Balaban J connectivity index is 1.71. The van der Waals surface area contributed by atoms with Crippen molar-refractivity contribution in [2.75, 3.05) is 0 Å². The second-order valence-electron chi connectivity index (χ2n) is 6.44. The van der Waals surface area contributed by atoms with Gasteiger partial charge in [0, 0.05) is 23.8 Å². The molecule has 1 N–H and O–H groups in total. The van der Waals surface area contributed by atoms with Crippen molar-refractivity contribution < 1.29 is 4.79 Å². The van der Waals surface area contributed by atoms with Gasteiger partial charge in [0.05, 0.1) is 17.5 Å². The second kappa shape index (κ2) is 5.04. The minimum Gasteiger partial charge on any atom is -0.333 e. The van der Waals surface area contributed by atoms with Gasteiger partial charge in [-0.2, -0.15) is 5.10 Å². The van der Waals surface area contributed by atoms with Gasteiger partial charge in [-0.25, -0.2) is 9.67 Å². The molecule has 23 heavy (non-hydrogen) atoms. The highest BCUT2D eigenvalue weighted by atomic mass is 16.2. The number of rotatable bonds is 2. The quantitative estimate of drug-likeness (QED) is 0.907. The van der Waals surface area contributed by atoms with Gasteiger partial charge in [0.2, 0.25) is 5.95 Å². The minimum atomic E-state index is -0.229. The third-order valence-corrected chi connectivity index (χ3v) is 4.99. The van der Waals surface area contributed by atoms with Crippen molar-refractivity contribution in [2.24, 2.45) is 0 Å². The summed E-state index contributed by atoms with van der Waals surface area (Å²) in [6.07, 6.45) is 6.01. The number of aromatic nitrogens is 4. The Bertz CT molecular complexity index is 817. The fourth-order valence-electron chi connectivity index (χ4n) is 3.88. The number of nitrogens with one attached hydrogen (secondary N) is 1. The summed E-state index contributed by atoms with van der Waals surface area (Å²) in [4.78, 5) is 33.5. The van der Waals surface area contributed by atoms with Crippen molar-refractivity contribution in [1.82, 2.24) is 24.6 Å². The molecule has 7 nitrogen and oxygen atoms in total. The van der Waals surface area contributed by atoms with E-state index in [0.29, 0.717) is 35.0 Å². The zero-order valence-electron chi connectivity index (χ0n) is 13.2. The number of carbonyl (C=O) groups is 1. The summed E-state index contributed by atoms with van der Waals surface area (Å²) in [6, 6.07) is 2.19. The van der Waals surface area contributed by atoms with Crippen molar-refractivity contribution in [3.63, 3.8) is 0 Å². The molecule has 2 fully saturated rings. The second-order valence-corrected chi connectivity index (χ2v) is 6.44. The molecule has 0 saturated carbocycles. The van der Waals surface area contributed by atoms with E-state index in [1.807, 2.05) is 11.8 Å². The van der Waals surface area contributed by atoms with Gasteiger partial charge in [-0.3, -0.25) is 14.6 Å². The maximum Gasteiger partial charge on any atom is 0.257 e. The average Bonchev–Trinajstić information content (AvgIpc) is 3.19. The Kier molecular flexibility index (Phi) is 3.11. The smallest absolute Gasteiger partial charge is 0.257 e. The largest absolute Gasteiger partial charge is 0.333 e. The lowest BCUT2D eigenvalue weighted by atomic mass is 10.0. The van der Waals surface area contributed by atoms with Crippen LogP contribution in [0.25, 0.3) is 5.95 Å². The summed E-state index contributed by atoms with van der Waals surface area (Å²) < 4.78 is 1.53. The number of aromatic amines is 1. The van der Waals surface area contributed by atoms with Crippen molar-refractivity contribution in [2.45, 2.75) is 51.6 Å². The summed E-state index contributed by atoms with van der Waals surface area (Å²) in [5, 5.41) is 4.27. The van der Waals surface area contributed by atoms with Gasteiger partial charge in [-0.15, -0.1) is 0 Å². The van der Waals surface area contributed by atoms with Crippen LogP contribution >= 0.6 is 0 Å². The summed E-state index contributed by atoms with van der Waals surface area (Å²) in [5.74, 6) is 0.393. The maximum atomic E-state index is 12.9. The van der Waals surface area contributed by atoms with Crippen molar-refractivity contribution >= 4 is 5.91 Å². The van der Waals surface area contributed by atoms with Crippen molar-refractivity contribution in [3.8, 4) is 5.95 Å². The van der Waals surface area contributed by atoms with Gasteiger partial charge in [0.15, 0.2) is 0 Å². The predicted molar refractivity (Wildman–Crippen MR) is 83.7 cm³/mol. The van der Waals surface area contributed by atoms with Gasteiger partial charge in [0.25, 0.3) is 11.5 Å². The molecule has 0 aromatic carbocycles. The molecule has 4 heterocycles. The van der Waals surface area contributed by atoms with Crippen LogP contribution in [0.3, 0.4) is 0 Å². The molecule has 120 valence electrons. The van der Waals surface area contributed by atoms with Crippen molar-refractivity contribution in [1.29, 1.82) is 0 Å². The number of nitrogens with zero attached hydrogens (tertiary/aromatic N) is 4. The Labute approximate surface area is 133 Å². The van der Waals surface area contributed by atoms with Gasteiger partial charge in [0.1, 0.15) is 0 Å². The van der Waals surface area contributed by atoms with Crippen LogP contribution in [0.1, 0.15) is 47.4 Å². The number of hydrogen-bond donors (Lipinski definition) is 1. The molecule has 0 aliphatic carbocycles. The van der Waals surface area contributed by atoms with E-state index < -0.39 is 0 Å². The third kappa shape index (κ3) is 2.18. The molecule has 2 saturated heterocycles. The van der Waals surface area contributed by atoms with E-state index in [4.69, 9.17) is 0 Å². The first-order valence-electron chi connectivity index (χ1n) is 8.00. The van der Waals surface area contributed by atoms with Crippen LogP contribution in [0.5, 0.6) is 0 Å². The number of aryl methyl sites for hydroxylation is 1. The normalized spacial score (nSPS) is 22.8. The lowest BCUT2D eigenvalue weighted by Crippen LogP contribution is -2.35. The fourth-order valence-corrected chi connectivity index (χ4v) is 3.88. The van der Waals surface area contributed by atoms with Crippen LogP contribution in [0.15, 0.2) is 17.1 Å². The molecule has 0 unspecified atom stereocenters. The molecule has 2 aromatic rings. The van der Waals surface area contributed by atoms with Crippen LogP contribution < -0.4 is 5.56 Å². The van der Waals surface area contributed by atoms with E-state index >= 15 is 0 Å². The SMILES string of the molecule is Cc1cc(=O)[nH]c(-n2ncc(C(=O)N3C4CCC3CC4)c2C)n1. The van der Waals surface area contributed by atoms with Gasteiger partial charge in [-0.1, -0.05) is 0 Å². The summed E-state index contributed by atoms with van der Waals surface area (Å²) in [7, 11) is 0. The first-order valence-corrected chi connectivity index (χ1v) is 8.00. The number of hydrogen-bond acceptors (Lipinski definition) is 4. The Morgan fingerprint density at radius 2 is 1.87 bits per heavy atom. The number of carbonyl (C=O) groups excluding carboxylic acids is 1. The van der Waals surface area contributed by atoms with Crippen LogP contribution in [-0.2, 0) is 0 Å². The molecular formula is C16H19N5O2. The van der Waals surface area contributed by atoms with E-state index in [2.05, 4.69) is 15.1 Å². The van der Waals surface area contributed by atoms with Crippen LogP contribution in [0, 0.1) is 13.8 Å². The maximum absolute atomic E-state index is 12.9. The molecule has 0 radical (unpaired) electrons. The van der Waals surface area contributed by atoms with E-state index in [1.54, 1.807) is 13.1 Å². The summed E-state index contributed by atoms with van der Waals surface area (Å²) in [6.45, 7) is 3.59. The van der Waals surface area contributed by atoms with Gasteiger partial charge in [-0.05, 0) is 39.5 Å². The van der Waals surface area contributed by atoms with Gasteiger partial charge >= 0.3 is 0 Å². The van der Waals surface area contributed by atoms with Gasteiger partial charge < -0.3 is 4.90 Å².